The van der Waals surface area contributed by atoms with Gasteiger partial charge in [-0.2, -0.15) is 0 Å². The van der Waals surface area contributed by atoms with E-state index in [1.807, 2.05) is 0 Å². The van der Waals surface area contributed by atoms with Crippen LogP contribution in [0.25, 0.3) is 0 Å². The summed E-state index contributed by atoms with van der Waals surface area (Å²) < 4.78 is 49.0. The lowest BCUT2D eigenvalue weighted by Gasteiger charge is -2.61. The van der Waals surface area contributed by atoms with Crippen molar-refractivity contribution in [2.45, 2.75) is 196 Å². The molecule has 0 aromatic rings. The van der Waals surface area contributed by atoms with Crippen LogP contribution in [0.2, 0.25) is 0 Å². The van der Waals surface area contributed by atoms with Crippen molar-refractivity contribution in [2.75, 3.05) is 26.4 Å². The quantitative estimate of drug-likeness (QED) is 0.145. The molecule has 5 saturated heterocycles. The predicted molar refractivity (Wildman–Crippen MR) is 210 cm³/mol. The van der Waals surface area contributed by atoms with Crippen molar-refractivity contribution in [1.29, 1.82) is 0 Å². The van der Waals surface area contributed by atoms with E-state index in [0.717, 1.165) is 58.0 Å². The summed E-state index contributed by atoms with van der Waals surface area (Å²) in [5, 5.41) is 94.7. The van der Waals surface area contributed by atoms with E-state index in [9.17, 15) is 46.0 Å². The first-order valence-corrected chi connectivity index (χ1v) is 23.2. The minimum atomic E-state index is -1.77. The summed E-state index contributed by atoms with van der Waals surface area (Å²) in [5.74, 6) is 3.32. The topological polar surface area (TPSA) is 256 Å². The van der Waals surface area contributed by atoms with E-state index >= 15 is 0 Å². The summed E-state index contributed by atoms with van der Waals surface area (Å²) in [5.41, 5.74) is 0.367. The zero-order valence-electron chi connectivity index (χ0n) is 36.0. The Hall–Kier alpha value is -0.680. The zero-order chi connectivity index (χ0) is 43.3. The smallest absolute Gasteiger partial charge is 0.187 e. The molecule has 0 aromatic carbocycles. The summed E-state index contributed by atoms with van der Waals surface area (Å²) >= 11 is 0. The molecule has 0 aromatic heterocycles. The first-order valence-electron chi connectivity index (χ1n) is 23.2. The van der Waals surface area contributed by atoms with Crippen molar-refractivity contribution in [3.8, 4) is 0 Å². The van der Waals surface area contributed by atoms with Gasteiger partial charge in [-0.25, -0.2) is 0 Å². The normalized spacial score (nSPS) is 58.5. The molecule has 12 unspecified atom stereocenters. The second-order valence-electron chi connectivity index (χ2n) is 21.1. The van der Waals surface area contributed by atoms with Gasteiger partial charge in [0.25, 0.3) is 0 Å². The zero-order valence-corrected chi connectivity index (χ0v) is 36.0. The summed E-state index contributed by atoms with van der Waals surface area (Å²) in [6.07, 6.45) is -10.8. The fourth-order valence-electron chi connectivity index (χ4n) is 14.4. The van der Waals surface area contributed by atoms with E-state index in [-0.39, 0.29) is 23.0 Å². The Labute approximate surface area is 357 Å². The molecule has 350 valence electrons. The monoisotopic (exact) mass is 872 g/mol. The Kier molecular flexibility index (Phi) is 12.8. The average molecular weight is 873 g/mol. The third-order valence-electron chi connectivity index (χ3n) is 17.9. The van der Waals surface area contributed by atoms with Gasteiger partial charge in [0.05, 0.1) is 38.6 Å². The van der Waals surface area contributed by atoms with Gasteiger partial charge in [-0.15, -0.1) is 0 Å². The second-order valence-corrected chi connectivity index (χ2v) is 21.1. The molecule has 0 bridgehead atoms. The van der Waals surface area contributed by atoms with E-state index in [0.29, 0.717) is 41.4 Å². The minimum Gasteiger partial charge on any atom is -0.394 e. The van der Waals surface area contributed by atoms with Crippen LogP contribution in [-0.2, 0) is 37.9 Å². The van der Waals surface area contributed by atoms with Gasteiger partial charge in [-0.05, 0) is 104 Å². The Bertz CT molecular complexity index is 1520. The molecule has 26 atom stereocenters. The highest BCUT2D eigenvalue weighted by atomic mass is 16.8. The maximum absolute atomic E-state index is 11.3. The molecule has 4 aliphatic carbocycles. The molecule has 0 radical (unpaired) electrons. The largest absolute Gasteiger partial charge is 0.394 e. The number of fused-ring (bicyclic) bond motifs is 7. The molecule has 0 amide bonds. The summed E-state index contributed by atoms with van der Waals surface area (Å²) in [6.45, 7) is 8.81. The number of hydrogen-bond donors (Lipinski definition) is 9. The minimum absolute atomic E-state index is 0.134. The Balaban J connectivity index is 0.834. The van der Waals surface area contributed by atoms with Crippen molar-refractivity contribution < 1.29 is 83.9 Å². The molecule has 4 saturated carbocycles. The van der Waals surface area contributed by atoms with Crippen LogP contribution in [0.4, 0.5) is 0 Å². The first-order chi connectivity index (χ1) is 29.0. The van der Waals surface area contributed by atoms with E-state index < -0.39 is 112 Å². The van der Waals surface area contributed by atoms with Gasteiger partial charge < -0.3 is 83.9 Å². The van der Waals surface area contributed by atoms with Gasteiger partial charge in [-0.3, -0.25) is 0 Å². The van der Waals surface area contributed by atoms with Crippen LogP contribution < -0.4 is 0 Å². The number of ether oxygens (including phenoxy) is 8. The van der Waals surface area contributed by atoms with Crippen molar-refractivity contribution in [1.82, 2.24) is 0 Å². The molecule has 1 spiro atoms. The Morgan fingerprint density at radius 3 is 2.00 bits per heavy atom. The van der Waals surface area contributed by atoms with Crippen molar-refractivity contribution in [3.05, 3.63) is 0 Å². The fourth-order valence-corrected chi connectivity index (χ4v) is 14.4. The van der Waals surface area contributed by atoms with Gasteiger partial charge in [0.15, 0.2) is 24.7 Å². The van der Waals surface area contributed by atoms with Crippen LogP contribution in [0.5, 0.6) is 0 Å². The lowest BCUT2D eigenvalue weighted by atomic mass is 9.44. The van der Waals surface area contributed by atoms with Gasteiger partial charge in [0, 0.05) is 12.3 Å². The van der Waals surface area contributed by atoms with Crippen LogP contribution in [0.15, 0.2) is 0 Å². The lowest BCUT2D eigenvalue weighted by Crippen LogP contribution is -2.65. The number of hydrogen-bond acceptors (Lipinski definition) is 17. The van der Waals surface area contributed by atoms with Gasteiger partial charge >= 0.3 is 0 Å². The highest BCUT2D eigenvalue weighted by molar-refractivity contribution is 5.15. The first kappa shape index (κ1) is 45.5. The van der Waals surface area contributed by atoms with E-state index in [1.54, 1.807) is 0 Å². The van der Waals surface area contributed by atoms with Crippen molar-refractivity contribution >= 4 is 0 Å². The van der Waals surface area contributed by atoms with Crippen LogP contribution in [0, 0.1) is 52.3 Å². The predicted octanol–water partition coefficient (Wildman–Crippen LogP) is -0.0945. The SMILES string of the molecule is CC1CCC2(OC1)OC1CC3C4CCC5CC(O[C@@H]6O[C@H](CO)[C@@H](O)[C@H](O)[C@H]6O[C@@H]6OC[C@@H](O[C@@H]7O[C@H](CO)[C@@H](O)[C@H](O)[C@H]7O)[C@H](O)[C@H]6O)CCC5(C)C4CCC3(C)C1C2C. The maximum Gasteiger partial charge on any atom is 0.187 e. The summed E-state index contributed by atoms with van der Waals surface area (Å²) in [6, 6.07) is 0. The number of aliphatic hydroxyl groups excluding tert-OH is 9. The van der Waals surface area contributed by atoms with Gasteiger partial charge in [0.1, 0.15) is 67.1 Å². The highest BCUT2D eigenvalue weighted by Crippen LogP contribution is 2.71. The second kappa shape index (κ2) is 17.2. The molecule has 5 aliphatic heterocycles. The molecular weight excluding hydrogens is 800 g/mol. The molecule has 9 aliphatic rings. The number of rotatable bonds is 8. The molecule has 5 heterocycles. The van der Waals surface area contributed by atoms with Crippen LogP contribution >= 0.6 is 0 Å². The molecule has 9 N–H and O–H groups in total. The van der Waals surface area contributed by atoms with Crippen molar-refractivity contribution in [2.24, 2.45) is 52.3 Å². The maximum atomic E-state index is 11.3. The molecular formula is C44H72O17. The third-order valence-corrected chi connectivity index (χ3v) is 17.9. The van der Waals surface area contributed by atoms with Gasteiger partial charge in [0.2, 0.25) is 0 Å². The van der Waals surface area contributed by atoms with Crippen LogP contribution in [-0.4, -0.2) is 176 Å². The molecule has 17 nitrogen and oxygen atoms in total. The van der Waals surface area contributed by atoms with Crippen LogP contribution in [0.3, 0.4) is 0 Å². The van der Waals surface area contributed by atoms with Crippen molar-refractivity contribution in [3.63, 3.8) is 0 Å². The fraction of sp³-hybridized carbons (Fsp3) is 1.00. The van der Waals surface area contributed by atoms with Gasteiger partial charge in [-0.1, -0.05) is 27.7 Å². The summed E-state index contributed by atoms with van der Waals surface area (Å²) in [7, 11) is 0. The molecule has 17 heteroatoms. The average Bonchev–Trinajstić information content (AvgIpc) is 3.69. The standard InChI is InChI=1S/C44H72O17/c1-19-7-12-44(55-17-19)20(2)30-26(61-44)14-25-23-6-5-21-13-22(8-10-42(21,3)24(23)9-11-43(25,30)4)56-41-38(35(51)32(48)28(16-46)58-41)60-39-36(52)33(49)29(18-54-39)59-40-37(53)34(50)31(47)27(15-45)57-40/h19-41,45-53H,5-18H2,1-4H3/t19?,20?,21?,22?,23?,24?,25?,26?,27-,28-,29-,30?,31-,32-,33+,34+,35+,36-,37-,38-,39+,40+,41-,42?,43?,44?/m1/s1. The van der Waals surface area contributed by atoms with E-state index in [2.05, 4.69) is 27.7 Å². The Morgan fingerprint density at radius 1 is 0.607 bits per heavy atom. The van der Waals surface area contributed by atoms with E-state index in [1.165, 1.54) is 12.8 Å². The van der Waals surface area contributed by atoms with E-state index in [4.69, 9.17) is 37.9 Å². The van der Waals surface area contributed by atoms with Crippen LogP contribution in [0.1, 0.15) is 91.9 Å². The molecule has 61 heavy (non-hydrogen) atoms. The molecule has 9 rings (SSSR count). The molecule has 9 fully saturated rings. The Morgan fingerprint density at radius 2 is 1.30 bits per heavy atom. The lowest BCUT2D eigenvalue weighted by molar-refractivity contribution is -0.375. The number of aliphatic hydroxyl groups is 9. The highest BCUT2D eigenvalue weighted by Gasteiger charge is 2.69. The third kappa shape index (κ3) is 7.58. The summed E-state index contributed by atoms with van der Waals surface area (Å²) in [4.78, 5) is 0.